The highest BCUT2D eigenvalue weighted by molar-refractivity contribution is 5.32. The highest BCUT2D eigenvalue weighted by atomic mass is 19.2. The standard InChI is InChI=1S/C14H17F2N3/c15-13-4-9-1-2-11(3-10(9)5-14(13)16)19-8-18-7-12(19)6-17/h4-5,7,11,18H,1-3,6,8,17H2/t11-/m0/s1. The van der Waals surface area contributed by atoms with E-state index in [1.54, 1.807) is 0 Å². The number of nitrogens with one attached hydrogen (secondary N) is 1. The fraction of sp³-hybridized carbons (Fsp3) is 0.429. The summed E-state index contributed by atoms with van der Waals surface area (Å²) in [6.07, 6.45) is 4.40. The predicted molar refractivity (Wildman–Crippen MR) is 69.2 cm³/mol. The molecule has 3 rings (SSSR count). The molecule has 0 fully saturated rings. The maximum Gasteiger partial charge on any atom is 0.159 e. The molecule has 0 saturated heterocycles. The predicted octanol–water partition coefficient (Wildman–Crippen LogP) is 1.48. The number of hydrogen-bond donors (Lipinski definition) is 2. The smallest absolute Gasteiger partial charge is 0.159 e. The van der Waals surface area contributed by atoms with E-state index in [9.17, 15) is 8.78 Å². The maximum atomic E-state index is 13.3. The lowest BCUT2D eigenvalue weighted by molar-refractivity contribution is 0.240. The largest absolute Gasteiger partial charge is 0.372 e. The fourth-order valence-electron chi connectivity index (χ4n) is 2.98. The number of fused-ring (bicyclic) bond motifs is 1. The molecule has 0 radical (unpaired) electrons. The number of rotatable bonds is 2. The summed E-state index contributed by atoms with van der Waals surface area (Å²) >= 11 is 0. The summed E-state index contributed by atoms with van der Waals surface area (Å²) in [5.41, 5.74) is 8.64. The number of hydrogen-bond acceptors (Lipinski definition) is 3. The minimum Gasteiger partial charge on any atom is -0.372 e. The molecule has 19 heavy (non-hydrogen) atoms. The van der Waals surface area contributed by atoms with Gasteiger partial charge in [0, 0.05) is 24.5 Å². The van der Waals surface area contributed by atoms with Crippen molar-refractivity contribution in [3.05, 3.63) is 46.8 Å². The number of aryl methyl sites for hydroxylation is 1. The first kappa shape index (κ1) is 12.4. The molecular weight excluding hydrogens is 248 g/mol. The van der Waals surface area contributed by atoms with Crippen molar-refractivity contribution in [1.29, 1.82) is 0 Å². The minimum atomic E-state index is -0.756. The van der Waals surface area contributed by atoms with Gasteiger partial charge in [-0.25, -0.2) is 8.78 Å². The molecule has 3 nitrogen and oxygen atoms in total. The normalized spacial score (nSPS) is 21.9. The van der Waals surface area contributed by atoms with E-state index in [1.807, 2.05) is 6.20 Å². The van der Waals surface area contributed by atoms with Crippen LogP contribution in [0, 0.1) is 11.6 Å². The first-order valence-electron chi connectivity index (χ1n) is 6.55. The second-order valence-electron chi connectivity index (χ2n) is 5.10. The zero-order chi connectivity index (χ0) is 13.4. The highest BCUT2D eigenvalue weighted by Crippen LogP contribution is 2.28. The molecule has 0 bridgehead atoms. The van der Waals surface area contributed by atoms with E-state index in [0.717, 1.165) is 42.8 Å². The van der Waals surface area contributed by atoms with Crippen LogP contribution in [-0.2, 0) is 12.8 Å². The Labute approximate surface area is 111 Å². The molecule has 0 saturated carbocycles. The van der Waals surface area contributed by atoms with Gasteiger partial charge in [-0.2, -0.15) is 0 Å². The molecule has 0 amide bonds. The van der Waals surface area contributed by atoms with Crippen LogP contribution in [0.3, 0.4) is 0 Å². The van der Waals surface area contributed by atoms with Crippen molar-refractivity contribution < 1.29 is 8.78 Å². The third-order valence-corrected chi connectivity index (χ3v) is 3.99. The van der Waals surface area contributed by atoms with Crippen molar-refractivity contribution in [2.45, 2.75) is 25.3 Å². The van der Waals surface area contributed by atoms with Crippen LogP contribution in [-0.4, -0.2) is 24.2 Å². The monoisotopic (exact) mass is 265 g/mol. The van der Waals surface area contributed by atoms with Crippen LogP contribution in [0.25, 0.3) is 0 Å². The van der Waals surface area contributed by atoms with Gasteiger partial charge in [-0.1, -0.05) is 0 Å². The topological polar surface area (TPSA) is 41.3 Å². The van der Waals surface area contributed by atoms with Crippen molar-refractivity contribution in [2.75, 3.05) is 13.2 Å². The van der Waals surface area contributed by atoms with Crippen LogP contribution in [0.1, 0.15) is 17.5 Å². The van der Waals surface area contributed by atoms with Crippen molar-refractivity contribution in [2.24, 2.45) is 5.73 Å². The average Bonchev–Trinajstić information content (AvgIpc) is 2.88. The molecule has 102 valence electrons. The summed E-state index contributed by atoms with van der Waals surface area (Å²) in [5, 5.41) is 3.16. The Morgan fingerprint density at radius 1 is 1.26 bits per heavy atom. The van der Waals surface area contributed by atoms with Crippen molar-refractivity contribution in [1.82, 2.24) is 10.2 Å². The van der Waals surface area contributed by atoms with Gasteiger partial charge in [0.05, 0.1) is 6.67 Å². The molecule has 0 unspecified atom stereocenters. The Morgan fingerprint density at radius 3 is 2.74 bits per heavy atom. The zero-order valence-corrected chi connectivity index (χ0v) is 10.6. The molecule has 5 heteroatoms. The van der Waals surface area contributed by atoms with Crippen molar-refractivity contribution in [3.63, 3.8) is 0 Å². The highest BCUT2D eigenvalue weighted by Gasteiger charge is 2.28. The van der Waals surface area contributed by atoms with Gasteiger partial charge in [-0.15, -0.1) is 0 Å². The summed E-state index contributed by atoms with van der Waals surface area (Å²) in [4.78, 5) is 2.23. The molecule has 1 aromatic rings. The van der Waals surface area contributed by atoms with Crippen LogP contribution in [0.2, 0.25) is 0 Å². The molecule has 1 aliphatic heterocycles. The molecule has 0 spiro atoms. The third kappa shape index (κ3) is 2.18. The van der Waals surface area contributed by atoms with E-state index in [1.165, 1.54) is 12.1 Å². The Bertz CT molecular complexity index is 528. The van der Waals surface area contributed by atoms with Crippen molar-refractivity contribution in [3.8, 4) is 0 Å². The Kier molecular flexibility index (Phi) is 3.14. The first-order chi connectivity index (χ1) is 9.19. The van der Waals surface area contributed by atoms with Gasteiger partial charge >= 0.3 is 0 Å². The third-order valence-electron chi connectivity index (χ3n) is 3.99. The average molecular weight is 265 g/mol. The van der Waals surface area contributed by atoms with Gasteiger partial charge in [0.2, 0.25) is 0 Å². The van der Waals surface area contributed by atoms with Crippen LogP contribution in [0.5, 0.6) is 0 Å². The summed E-state index contributed by atoms with van der Waals surface area (Å²) < 4.78 is 26.5. The maximum absolute atomic E-state index is 13.3. The second kappa shape index (κ2) is 4.81. The Hall–Kier alpha value is -1.62. The summed E-state index contributed by atoms with van der Waals surface area (Å²) in [7, 11) is 0. The fourth-order valence-corrected chi connectivity index (χ4v) is 2.98. The first-order valence-corrected chi connectivity index (χ1v) is 6.55. The zero-order valence-electron chi connectivity index (χ0n) is 10.6. The number of nitrogens with two attached hydrogens (primary N) is 1. The van der Waals surface area contributed by atoms with Crippen LogP contribution < -0.4 is 11.1 Å². The number of halogens is 2. The SMILES string of the molecule is NCC1=CNCN1[C@H]1CCc2cc(F)c(F)cc2C1. The summed E-state index contributed by atoms with van der Waals surface area (Å²) in [5.74, 6) is -1.50. The van der Waals surface area contributed by atoms with E-state index < -0.39 is 11.6 Å². The van der Waals surface area contributed by atoms with Gasteiger partial charge in [0.15, 0.2) is 11.6 Å². The van der Waals surface area contributed by atoms with E-state index in [0.29, 0.717) is 12.6 Å². The molecule has 0 aromatic heterocycles. The van der Waals surface area contributed by atoms with Gasteiger partial charge in [-0.3, -0.25) is 0 Å². The van der Waals surface area contributed by atoms with Gasteiger partial charge in [0.1, 0.15) is 0 Å². The molecule has 1 aliphatic carbocycles. The second-order valence-corrected chi connectivity index (χ2v) is 5.10. The lowest BCUT2D eigenvalue weighted by Gasteiger charge is -2.34. The van der Waals surface area contributed by atoms with E-state index >= 15 is 0 Å². The van der Waals surface area contributed by atoms with Gasteiger partial charge < -0.3 is 16.0 Å². The molecule has 1 aromatic carbocycles. The van der Waals surface area contributed by atoms with Crippen LogP contribution in [0.4, 0.5) is 8.78 Å². The number of nitrogens with zero attached hydrogens (tertiary/aromatic N) is 1. The van der Waals surface area contributed by atoms with Gasteiger partial charge in [-0.05, 0) is 42.5 Å². The van der Waals surface area contributed by atoms with E-state index in [2.05, 4.69) is 10.2 Å². The Balaban J connectivity index is 1.82. The molecule has 2 aliphatic rings. The number of benzene rings is 1. The Morgan fingerprint density at radius 2 is 2.00 bits per heavy atom. The minimum absolute atomic E-state index is 0.308. The lowest BCUT2D eigenvalue weighted by atomic mass is 9.87. The summed E-state index contributed by atoms with van der Waals surface area (Å²) in [6, 6.07) is 2.98. The molecule has 1 atom stereocenters. The van der Waals surface area contributed by atoms with E-state index in [-0.39, 0.29) is 0 Å². The lowest BCUT2D eigenvalue weighted by Crippen LogP contribution is -2.40. The molecule has 3 N–H and O–H groups in total. The quantitative estimate of drug-likeness (QED) is 0.851. The van der Waals surface area contributed by atoms with E-state index in [4.69, 9.17) is 5.73 Å². The molecular formula is C14H17F2N3. The van der Waals surface area contributed by atoms with Crippen LogP contribution in [0.15, 0.2) is 24.0 Å². The van der Waals surface area contributed by atoms with Crippen molar-refractivity contribution >= 4 is 0 Å². The van der Waals surface area contributed by atoms with Gasteiger partial charge in [0.25, 0.3) is 0 Å². The summed E-state index contributed by atoms with van der Waals surface area (Å²) in [6.45, 7) is 1.24. The molecule has 1 heterocycles. The van der Waals surface area contributed by atoms with Crippen LogP contribution >= 0.6 is 0 Å².